The van der Waals surface area contributed by atoms with Gasteiger partial charge in [0.2, 0.25) is 10.0 Å². The molecule has 1 aromatic rings. The van der Waals surface area contributed by atoms with E-state index in [1.807, 2.05) is 0 Å². The Bertz CT molecular complexity index is 808. The molecule has 0 aliphatic carbocycles. The number of rotatable bonds is 7. The molecule has 1 fully saturated rings. The van der Waals surface area contributed by atoms with Gasteiger partial charge in [-0.15, -0.1) is 0 Å². The Morgan fingerprint density at radius 2 is 1.72 bits per heavy atom. The summed E-state index contributed by atoms with van der Waals surface area (Å²) in [6, 6.07) is 5.56. The van der Waals surface area contributed by atoms with Crippen molar-refractivity contribution < 1.29 is 31.5 Å². The van der Waals surface area contributed by atoms with E-state index in [-0.39, 0.29) is 35.4 Å². The fourth-order valence-corrected chi connectivity index (χ4v) is 5.41. The molecule has 0 amide bonds. The van der Waals surface area contributed by atoms with Crippen LogP contribution in [-0.2, 0) is 24.7 Å². The molecule has 0 radical (unpaired) electrons. The predicted octanol–water partition coefficient (Wildman–Crippen LogP) is 0.595. The summed E-state index contributed by atoms with van der Waals surface area (Å²) in [5.41, 5.74) is 0. The predicted molar refractivity (Wildman–Crippen MR) is 90.8 cm³/mol. The SMILES string of the molecule is CS(=O)(=O)CC1CCN(S(=O)(=O)c2ccc(OCC(=O)O)cc2)CC1. The molecule has 0 unspecified atom stereocenters. The Kier molecular flexibility index (Phi) is 6.07. The minimum absolute atomic E-state index is 0.0201. The van der Waals surface area contributed by atoms with Crippen LogP contribution in [0.3, 0.4) is 0 Å². The number of aliphatic carboxylic acids is 1. The molecule has 140 valence electrons. The lowest BCUT2D eigenvalue weighted by atomic mass is 10.0. The standard InChI is InChI=1S/C15H21NO7S2/c1-24(19,20)11-12-6-8-16(9-7-12)25(21,22)14-4-2-13(3-5-14)23-10-15(17)18/h2-5,12H,6-11H2,1H3,(H,17,18). The lowest BCUT2D eigenvalue weighted by Crippen LogP contribution is -2.39. The zero-order chi connectivity index (χ0) is 18.7. The van der Waals surface area contributed by atoms with Gasteiger partial charge in [0.15, 0.2) is 6.61 Å². The average Bonchev–Trinajstić information content (AvgIpc) is 2.52. The molecule has 0 bridgehead atoms. The van der Waals surface area contributed by atoms with E-state index in [1.165, 1.54) is 34.8 Å². The molecular formula is C15H21NO7S2. The zero-order valence-corrected chi connectivity index (χ0v) is 15.4. The van der Waals surface area contributed by atoms with Gasteiger partial charge < -0.3 is 9.84 Å². The van der Waals surface area contributed by atoms with Gasteiger partial charge in [-0.2, -0.15) is 4.31 Å². The van der Waals surface area contributed by atoms with Crippen molar-refractivity contribution in [1.29, 1.82) is 0 Å². The monoisotopic (exact) mass is 391 g/mol. The molecule has 1 saturated heterocycles. The molecule has 1 N–H and O–H groups in total. The summed E-state index contributed by atoms with van der Waals surface area (Å²) < 4.78 is 54.3. The van der Waals surface area contributed by atoms with Crippen molar-refractivity contribution >= 4 is 25.8 Å². The number of hydrogen-bond acceptors (Lipinski definition) is 6. The lowest BCUT2D eigenvalue weighted by Gasteiger charge is -2.30. The summed E-state index contributed by atoms with van der Waals surface area (Å²) in [6.45, 7) is 0.0551. The molecule has 0 spiro atoms. The van der Waals surface area contributed by atoms with Crippen molar-refractivity contribution in [1.82, 2.24) is 4.31 Å². The van der Waals surface area contributed by atoms with Gasteiger partial charge in [0, 0.05) is 19.3 Å². The Morgan fingerprint density at radius 3 is 2.20 bits per heavy atom. The number of carboxylic acids is 1. The smallest absolute Gasteiger partial charge is 0.341 e. The summed E-state index contributed by atoms with van der Waals surface area (Å²) in [4.78, 5) is 10.5. The molecule has 10 heteroatoms. The van der Waals surface area contributed by atoms with E-state index in [0.717, 1.165) is 0 Å². The van der Waals surface area contributed by atoms with Crippen LogP contribution < -0.4 is 4.74 Å². The van der Waals surface area contributed by atoms with E-state index in [1.54, 1.807) is 0 Å². The first-order valence-corrected chi connectivity index (χ1v) is 11.2. The molecule has 1 aliphatic rings. The van der Waals surface area contributed by atoms with Crippen LogP contribution in [0.25, 0.3) is 0 Å². The van der Waals surface area contributed by atoms with Gasteiger partial charge in [-0.3, -0.25) is 0 Å². The zero-order valence-electron chi connectivity index (χ0n) is 13.8. The van der Waals surface area contributed by atoms with Crippen LogP contribution in [0.1, 0.15) is 12.8 Å². The highest BCUT2D eigenvalue weighted by atomic mass is 32.2. The first-order chi connectivity index (χ1) is 11.6. The largest absolute Gasteiger partial charge is 0.482 e. The summed E-state index contributed by atoms with van der Waals surface area (Å²) in [6.07, 6.45) is 2.20. The maximum absolute atomic E-state index is 12.6. The average molecular weight is 391 g/mol. The molecule has 8 nitrogen and oxygen atoms in total. The van der Waals surface area contributed by atoms with Crippen LogP contribution >= 0.6 is 0 Å². The number of ether oxygens (including phenoxy) is 1. The van der Waals surface area contributed by atoms with Crippen LogP contribution in [0, 0.1) is 5.92 Å². The van der Waals surface area contributed by atoms with Crippen LogP contribution in [0.2, 0.25) is 0 Å². The minimum Gasteiger partial charge on any atom is -0.482 e. The van der Waals surface area contributed by atoms with E-state index in [9.17, 15) is 21.6 Å². The number of sulfonamides is 1. The van der Waals surface area contributed by atoms with Gasteiger partial charge in [0.05, 0.1) is 10.6 Å². The highest BCUT2D eigenvalue weighted by Crippen LogP contribution is 2.25. The quantitative estimate of drug-likeness (QED) is 0.723. The molecule has 25 heavy (non-hydrogen) atoms. The second kappa shape index (κ2) is 7.71. The lowest BCUT2D eigenvalue weighted by molar-refractivity contribution is -0.139. The summed E-state index contributed by atoms with van der Waals surface area (Å²) in [7, 11) is -6.73. The van der Waals surface area contributed by atoms with Gasteiger partial charge in [0.1, 0.15) is 15.6 Å². The number of sulfone groups is 1. The van der Waals surface area contributed by atoms with E-state index < -0.39 is 32.4 Å². The van der Waals surface area contributed by atoms with E-state index in [0.29, 0.717) is 12.8 Å². The highest BCUT2D eigenvalue weighted by molar-refractivity contribution is 7.90. The molecule has 0 atom stereocenters. The summed E-state index contributed by atoms with van der Waals surface area (Å²) in [5.74, 6) is -0.786. The number of carboxylic acid groups (broad SMARTS) is 1. The van der Waals surface area contributed by atoms with Crippen molar-refractivity contribution in [2.24, 2.45) is 5.92 Å². The van der Waals surface area contributed by atoms with E-state index >= 15 is 0 Å². The number of benzene rings is 1. The normalized spacial score (nSPS) is 17.3. The van der Waals surface area contributed by atoms with Crippen molar-refractivity contribution in [3.63, 3.8) is 0 Å². The van der Waals surface area contributed by atoms with Crippen molar-refractivity contribution in [2.75, 3.05) is 31.7 Å². The second-order valence-electron chi connectivity index (χ2n) is 6.09. The van der Waals surface area contributed by atoms with Crippen LogP contribution in [0.4, 0.5) is 0 Å². The summed E-state index contributed by atoms with van der Waals surface area (Å²) in [5, 5.41) is 8.56. The van der Waals surface area contributed by atoms with Gasteiger partial charge in [0.25, 0.3) is 0 Å². The molecule has 2 rings (SSSR count). The number of piperidine rings is 1. The topological polar surface area (TPSA) is 118 Å². The minimum atomic E-state index is -3.67. The fraction of sp³-hybridized carbons (Fsp3) is 0.533. The third-order valence-electron chi connectivity index (χ3n) is 3.94. The Balaban J connectivity index is 2.01. The highest BCUT2D eigenvalue weighted by Gasteiger charge is 2.30. The van der Waals surface area contributed by atoms with Crippen molar-refractivity contribution in [3.8, 4) is 5.75 Å². The third kappa shape index (κ3) is 5.68. The van der Waals surface area contributed by atoms with Crippen LogP contribution in [-0.4, -0.2) is 63.9 Å². The maximum Gasteiger partial charge on any atom is 0.341 e. The van der Waals surface area contributed by atoms with Crippen LogP contribution in [0.15, 0.2) is 29.2 Å². The second-order valence-corrected chi connectivity index (χ2v) is 10.2. The Labute approximate surface area is 147 Å². The number of carbonyl (C=O) groups is 1. The number of hydrogen-bond donors (Lipinski definition) is 1. The molecule has 0 saturated carbocycles. The summed E-state index contributed by atoms with van der Waals surface area (Å²) >= 11 is 0. The van der Waals surface area contributed by atoms with Gasteiger partial charge >= 0.3 is 5.97 Å². The third-order valence-corrected chi connectivity index (χ3v) is 6.93. The molecule has 1 aromatic carbocycles. The van der Waals surface area contributed by atoms with E-state index in [2.05, 4.69) is 0 Å². The molecular weight excluding hydrogens is 370 g/mol. The fourth-order valence-electron chi connectivity index (χ4n) is 2.75. The Hall–Kier alpha value is -1.65. The molecule has 0 aromatic heterocycles. The van der Waals surface area contributed by atoms with Crippen molar-refractivity contribution in [2.45, 2.75) is 17.7 Å². The molecule has 1 heterocycles. The number of nitrogens with zero attached hydrogens (tertiary/aromatic N) is 1. The van der Waals surface area contributed by atoms with Crippen molar-refractivity contribution in [3.05, 3.63) is 24.3 Å². The molecule has 1 aliphatic heterocycles. The van der Waals surface area contributed by atoms with E-state index in [4.69, 9.17) is 9.84 Å². The van der Waals surface area contributed by atoms with Gasteiger partial charge in [-0.05, 0) is 43.0 Å². The maximum atomic E-state index is 12.6. The van der Waals surface area contributed by atoms with Gasteiger partial charge in [-0.25, -0.2) is 21.6 Å². The van der Waals surface area contributed by atoms with Gasteiger partial charge in [-0.1, -0.05) is 0 Å². The first-order valence-electron chi connectivity index (χ1n) is 7.70. The Morgan fingerprint density at radius 1 is 1.16 bits per heavy atom. The first kappa shape index (κ1) is 19.7. The van der Waals surface area contributed by atoms with Crippen LogP contribution in [0.5, 0.6) is 5.75 Å².